The number of nitrogens with one attached hydrogen (secondary N) is 1. The molecule has 0 aliphatic carbocycles. The van der Waals surface area contributed by atoms with Gasteiger partial charge in [0.1, 0.15) is 24.2 Å². The van der Waals surface area contributed by atoms with E-state index in [9.17, 15) is 19.5 Å². The Morgan fingerprint density at radius 1 is 1.41 bits per heavy atom. The molecule has 4 aliphatic heterocycles. The van der Waals surface area contributed by atoms with Crippen LogP contribution in [0.2, 0.25) is 0 Å². The zero-order valence-corrected chi connectivity index (χ0v) is 23.1. The molecular weight excluding hydrogens is 565 g/mol. The van der Waals surface area contributed by atoms with Crippen LogP contribution in [0.15, 0.2) is 57.6 Å². The second kappa shape index (κ2) is 11.3. The number of hydrogen-bond acceptors (Lipinski definition) is 12. The molecule has 1 fully saturated rings. The van der Waals surface area contributed by atoms with Gasteiger partial charge in [-0.15, -0.1) is 23.1 Å². The number of amides is 2. The summed E-state index contributed by atoms with van der Waals surface area (Å²) in [4.78, 5) is 48.2. The standard InChI is InChI=1S/C23H24N8O5S3/c1-36-28-16(14-11-39-23(25)26-14)19(32)27-17-20(33)31-18(22(34)35)12(10-38-21(17)31)8-29-5-6-30-13(9-29)2-3-15(30)37-7-4-24/h2-3,5-6,9,11,17,21H,4,7-8,10,24H2,1H3,(H3-,25,26,27,32,34,35)/b28-16-/t17-,21+/m1/s1. The Bertz CT molecular complexity index is 1470. The smallest absolute Gasteiger partial charge is 0.276 e. The number of thiazole rings is 1. The van der Waals surface area contributed by atoms with E-state index in [4.69, 9.17) is 16.3 Å². The summed E-state index contributed by atoms with van der Waals surface area (Å²) in [7, 11) is 1.28. The molecular formula is C23H24N8O5S3. The molecule has 1 aromatic rings. The molecule has 204 valence electrons. The predicted molar refractivity (Wildman–Crippen MR) is 144 cm³/mol. The van der Waals surface area contributed by atoms with E-state index in [1.807, 2.05) is 39.9 Å². The number of carboxylic acids is 1. The Kier molecular flexibility index (Phi) is 7.79. The lowest BCUT2D eigenvalue weighted by Crippen LogP contribution is -2.71. The first kappa shape index (κ1) is 27.0. The maximum atomic E-state index is 13.1. The summed E-state index contributed by atoms with van der Waals surface area (Å²) in [5.74, 6) is -1.56. The van der Waals surface area contributed by atoms with Crippen molar-refractivity contribution in [3.8, 4) is 5.69 Å². The first-order valence-corrected chi connectivity index (χ1v) is 14.6. The number of aromatic nitrogens is 3. The molecule has 0 saturated carbocycles. The van der Waals surface area contributed by atoms with E-state index >= 15 is 0 Å². The van der Waals surface area contributed by atoms with Crippen LogP contribution in [0.3, 0.4) is 0 Å². The van der Waals surface area contributed by atoms with Gasteiger partial charge in [-0.3, -0.25) is 14.5 Å². The predicted octanol–water partition coefficient (Wildman–Crippen LogP) is -1.25. The molecule has 1 saturated heterocycles. The summed E-state index contributed by atoms with van der Waals surface area (Å²) >= 11 is 4.14. The average molecular weight is 589 g/mol. The van der Waals surface area contributed by atoms with Crippen molar-refractivity contribution in [2.24, 2.45) is 10.9 Å². The van der Waals surface area contributed by atoms with Crippen LogP contribution in [0.4, 0.5) is 5.13 Å². The topological polar surface area (TPSA) is 185 Å². The number of nitrogens with two attached hydrogens (primary N) is 2. The number of β-lactam (4-membered cyclic amide) rings is 1. The maximum absolute atomic E-state index is 13.1. The number of oxime groups is 1. The van der Waals surface area contributed by atoms with Crippen LogP contribution in [0.1, 0.15) is 5.69 Å². The van der Waals surface area contributed by atoms with Crippen molar-refractivity contribution in [2.45, 2.75) is 23.0 Å². The molecule has 5 heterocycles. The van der Waals surface area contributed by atoms with Gasteiger partial charge in [0.05, 0.1) is 24.1 Å². The fraction of sp³-hybridized carbons (Fsp3) is 0.304. The highest BCUT2D eigenvalue weighted by atomic mass is 32.2. The molecule has 0 unspecified atom stereocenters. The lowest BCUT2D eigenvalue weighted by molar-refractivity contribution is -0.633. The van der Waals surface area contributed by atoms with Crippen LogP contribution in [0.25, 0.3) is 5.69 Å². The van der Waals surface area contributed by atoms with Crippen molar-refractivity contribution in [3.63, 3.8) is 0 Å². The van der Waals surface area contributed by atoms with Gasteiger partial charge in [-0.25, -0.2) is 4.98 Å². The van der Waals surface area contributed by atoms with Gasteiger partial charge in [0, 0.05) is 42.1 Å². The van der Waals surface area contributed by atoms with Crippen LogP contribution in [-0.2, 0) is 25.8 Å². The molecule has 0 spiro atoms. The van der Waals surface area contributed by atoms with E-state index in [1.54, 1.807) is 17.1 Å². The van der Waals surface area contributed by atoms with E-state index in [2.05, 4.69) is 15.5 Å². The van der Waals surface area contributed by atoms with Gasteiger partial charge in [-0.1, -0.05) is 16.9 Å². The number of anilines is 1. The Morgan fingerprint density at radius 2 is 2.23 bits per heavy atom. The zero-order chi connectivity index (χ0) is 27.7. The lowest BCUT2D eigenvalue weighted by Gasteiger charge is -2.50. The molecule has 0 aromatic carbocycles. The van der Waals surface area contributed by atoms with Gasteiger partial charge in [-0.05, 0) is 5.57 Å². The molecule has 39 heavy (non-hydrogen) atoms. The number of carbonyl (C=O) groups excluding carboxylic acids is 3. The van der Waals surface area contributed by atoms with Gasteiger partial charge in [0.25, 0.3) is 11.8 Å². The molecule has 0 bridgehead atoms. The van der Waals surface area contributed by atoms with Gasteiger partial charge in [-0.2, -0.15) is 4.57 Å². The highest BCUT2D eigenvalue weighted by Crippen LogP contribution is 2.40. The highest BCUT2D eigenvalue weighted by Gasteiger charge is 2.53. The minimum atomic E-state index is -1.45. The number of rotatable bonds is 10. The van der Waals surface area contributed by atoms with E-state index in [-0.39, 0.29) is 28.8 Å². The highest BCUT2D eigenvalue weighted by molar-refractivity contribution is 8.00. The van der Waals surface area contributed by atoms with Crippen molar-refractivity contribution >= 4 is 63.5 Å². The molecule has 5 N–H and O–H groups in total. The van der Waals surface area contributed by atoms with Crippen LogP contribution in [0.5, 0.6) is 0 Å². The van der Waals surface area contributed by atoms with Gasteiger partial charge in [0.15, 0.2) is 17.0 Å². The van der Waals surface area contributed by atoms with E-state index in [1.165, 1.54) is 23.8 Å². The van der Waals surface area contributed by atoms with Gasteiger partial charge in [0.2, 0.25) is 10.7 Å². The Hall–Kier alpha value is -3.60. The number of nitrogen functional groups attached to an aromatic ring is 1. The number of aliphatic carboxylic acids is 1. The van der Waals surface area contributed by atoms with Crippen LogP contribution in [0, 0.1) is 0 Å². The summed E-state index contributed by atoms with van der Waals surface area (Å²) in [6, 6.07) is 3.03. The van der Waals surface area contributed by atoms with Crippen molar-refractivity contribution in [1.29, 1.82) is 0 Å². The SMILES string of the molecule is CO/N=C(\C(=O)N[C@@H]1C(=O)N2C(C(=O)[O-])=C(Cn3cc[n+]4c(SCCN)ccc-4c3)CS[C@@H]12)c1csc(N)n1. The molecule has 1 aromatic heterocycles. The minimum Gasteiger partial charge on any atom is -0.543 e. The third-order valence-electron chi connectivity index (χ3n) is 6.05. The van der Waals surface area contributed by atoms with Crippen LogP contribution in [-0.4, -0.2) is 74.5 Å². The first-order chi connectivity index (χ1) is 18.8. The van der Waals surface area contributed by atoms with E-state index < -0.39 is 29.2 Å². The van der Waals surface area contributed by atoms with Crippen LogP contribution >= 0.6 is 34.9 Å². The summed E-state index contributed by atoms with van der Waals surface area (Å²) in [6.45, 7) is 0.832. The van der Waals surface area contributed by atoms with Crippen molar-refractivity contribution in [3.05, 3.63) is 53.1 Å². The number of fused-ring (bicyclic) bond motifs is 2. The monoisotopic (exact) mass is 588 g/mol. The average Bonchev–Trinajstić information content (AvgIpc) is 3.54. The zero-order valence-electron chi connectivity index (χ0n) is 20.6. The van der Waals surface area contributed by atoms with Crippen molar-refractivity contribution in [1.82, 2.24) is 19.8 Å². The quantitative estimate of drug-likeness (QED) is 0.0850. The largest absolute Gasteiger partial charge is 0.543 e. The number of hydrogen-bond donors (Lipinski definition) is 3. The third-order valence-corrected chi connectivity index (χ3v) is 9.13. The Labute approximate surface area is 235 Å². The van der Waals surface area contributed by atoms with E-state index in [0.29, 0.717) is 17.9 Å². The molecule has 2 atom stereocenters. The molecule has 2 amide bonds. The summed E-state index contributed by atoms with van der Waals surface area (Å²) < 4.78 is 3.90. The van der Waals surface area contributed by atoms with E-state index in [0.717, 1.165) is 27.8 Å². The number of nitrogens with zero attached hydrogens (tertiary/aromatic N) is 5. The molecule has 16 heteroatoms. The normalized spacial score (nSPS) is 19.2. The summed E-state index contributed by atoms with van der Waals surface area (Å²) in [5.41, 5.74) is 12.6. The minimum absolute atomic E-state index is 0.143. The number of carbonyl (C=O) groups is 3. The molecule has 13 nitrogen and oxygen atoms in total. The molecule has 0 radical (unpaired) electrons. The summed E-state index contributed by atoms with van der Waals surface area (Å²) in [6.07, 6.45) is 5.66. The second-order valence-electron chi connectivity index (χ2n) is 8.50. The number of carboxylic acid groups (broad SMARTS) is 1. The molecule has 4 aliphatic rings. The van der Waals surface area contributed by atoms with Crippen molar-refractivity contribution in [2.75, 3.05) is 30.9 Å². The second-order valence-corrected chi connectivity index (χ2v) is 11.6. The first-order valence-electron chi connectivity index (χ1n) is 11.7. The Morgan fingerprint density at radius 3 is 2.92 bits per heavy atom. The fourth-order valence-electron chi connectivity index (χ4n) is 4.37. The molecule has 5 rings (SSSR count). The van der Waals surface area contributed by atoms with Crippen LogP contribution < -0.4 is 26.5 Å². The van der Waals surface area contributed by atoms with Crippen molar-refractivity contribution < 1.29 is 28.9 Å². The summed E-state index contributed by atoms with van der Waals surface area (Å²) in [5, 5.41) is 20.8. The third kappa shape index (κ3) is 5.19. The number of thioether (sulfide) groups is 2. The Balaban J connectivity index is 1.33. The maximum Gasteiger partial charge on any atom is 0.276 e. The fourth-order valence-corrected chi connectivity index (χ4v) is 7.05. The van der Waals surface area contributed by atoms with Gasteiger partial charge >= 0.3 is 0 Å². The van der Waals surface area contributed by atoms with Gasteiger partial charge < -0.3 is 36.1 Å². The lowest BCUT2D eigenvalue weighted by atomic mass is 10.0.